The molecule has 1 aromatic heterocycles. The molecule has 0 spiro atoms. The molecule has 3 aromatic rings. The Morgan fingerprint density at radius 1 is 1.03 bits per heavy atom. The van der Waals surface area contributed by atoms with Gasteiger partial charge in [-0.3, -0.25) is 4.79 Å². The number of nitrogens with zero attached hydrogens (tertiary/aromatic N) is 4. The Hall–Kier alpha value is -2.97. The summed E-state index contributed by atoms with van der Waals surface area (Å²) in [4.78, 5) is 14.2. The highest BCUT2D eigenvalue weighted by molar-refractivity contribution is 7.89. The van der Waals surface area contributed by atoms with E-state index in [1.165, 1.54) is 11.9 Å². The van der Waals surface area contributed by atoms with E-state index in [0.29, 0.717) is 6.54 Å². The Bertz CT molecular complexity index is 1080. The average Bonchev–Trinajstić information content (AvgIpc) is 3.17. The molecule has 1 heterocycles. The van der Waals surface area contributed by atoms with Gasteiger partial charge in [-0.1, -0.05) is 35.9 Å². The van der Waals surface area contributed by atoms with Crippen molar-refractivity contribution in [2.75, 3.05) is 20.6 Å². The summed E-state index contributed by atoms with van der Waals surface area (Å²) >= 11 is 0. The number of carbonyl (C=O) groups excluding carboxylic acids is 1. The van der Waals surface area contributed by atoms with Gasteiger partial charge in [-0.25, -0.2) is 13.1 Å². The molecule has 7 nitrogen and oxygen atoms in total. The highest BCUT2D eigenvalue weighted by atomic mass is 32.2. The van der Waals surface area contributed by atoms with E-state index in [4.69, 9.17) is 0 Å². The fourth-order valence-electron chi connectivity index (χ4n) is 2.81. The van der Waals surface area contributed by atoms with Gasteiger partial charge in [0.05, 0.1) is 23.3 Å². The minimum absolute atomic E-state index is 0.171. The van der Waals surface area contributed by atoms with Crippen LogP contribution in [0.25, 0.3) is 5.69 Å². The van der Waals surface area contributed by atoms with Crippen LogP contribution in [0.3, 0.4) is 0 Å². The van der Waals surface area contributed by atoms with Crippen molar-refractivity contribution < 1.29 is 13.2 Å². The number of hydrogen-bond acceptors (Lipinski definition) is 4. The second-order valence-electron chi connectivity index (χ2n) is 6.95. The Balaban J connectivity index is 1.63. The highest BCUT2D eigenvalue weighted by Crippen LogP contribution is 2.15. The van der Waals surface area contributed by atoms with Gasteiger partial charge in [-0.05, 0) is 31.2 Å². The van der Waals surface area contributed by atoms with Crippen LogP contribution in [0, 0.1) is 6.92 Å². The average molecular weight is 413 g/mol. The van der Waals surface area contributed by atoms with Crippen LogP contribution in [0.2, 0.25) is 0 Å². The zero-order valence-corrected chi connectivity index (χ0v) is 17.5. The van der Waals surface area contributed by atoms with Crippen LogP contribution in [0.15, 0.2) is 71.9 Å². The molecule has 3 rings (SSSR count). The van der Waals surface area contributed by atoms with Crippen LogP contribution in [0.1, 0.15) is 11.1 Å². The summed E-state index contributed by atoms with van der Waals surface area (Å²) in [5.41, 5.74) is 2.75. The zero-order chi connectivity index (χ0) is 21.0. The largest absolute Gasteiger partial charge is 0.340 e. The molecule has 2 aromatic carbocycles. The van der Waals surface area contributed by atoms with Crippen molar-refractivity contribution in [1.29, 1.82) is 0 Å². The summed E-state index contributed by atoms with van der Waals surface area (Å²) in [6.07, 6.45) is 3.55. The Kier molecular flexibility index (Phi) is 6.14. The van der Waals surface area contributed by atoms with Crippen molar-refractivity contribution in [2.45, 2.75) is 18.4 Å². The minimum Gasteiger partial charge on any atom is -0.340 e. The summed E-state index contributed by atoms with van der Waals surface area (Å²) in [5.74, 6) is -0.296. The molecule has 0 radical (unpaired) electrons. The van der Waals surface area contributed by atoms with Crippen molar-refractivity contribution >= 4 is 15.9 Å². The SMILES string of the molecule is Cc1ccc(S(=O)(=O)N(C)CC(=O)N(C)Cc2cnn(-c3ccccc3)c2)cc1. The van der Waals surface area contributed by atoms with Crippen molar-refractivity contribution in [3.05, 3.63) is 78.1 Å². The van der Waals surface area contributed by atoms with Gasteiger partial charge in [0.2, 0.25) is 15.9 Å². The summed E-state index contributed by atoms with van der Waals surface area (Å²) in [6.45, 7) is 1.99. The maximum atomic E-state index is 12.7. The third kappa shape index (κ3) is 4.90. The Labute approximate surface area is 171 Å². The summed E-state index contributed by atoms with van der Waals surface area (Å²) in [5, 5.41) is 4.32. The predicted molar refractivity (Wildman–Crippen MR) is 111 cm³/mol. The lowest BCUT2D eigenvalue weighted by molar-refractivity contribution is -0.130. The lowest BCUT2D eigenvalue weighted by Crippen LogP contribution is -2.39. The van der Waals surface area contributed by atoms with Crippen LogP contribution in [-0.2, 0) is 21.4 Å². The van der Waals surface area contributed by atoms with Gasteiger partial charge in [0, 0.05) is 32.4 Å². The van der Waals surface area contributed by atoms with Crippen LogP contribution >= 0.6 is 0 Å². The van der Waals surface area contributed by atoms with Gasteiger partial charge in [-0.15, -0.1) is 0 Å². The Morgan fingerprint density at radius 3 is 2.34 bits per heavy atom. The molecule has 0 atom stereocenters. The second kappa shape index (κ2) is 8.59. The first kappa shape index (κ1) is 20.8. The molecule has 8 heteroatoms. The lowest BCUT2D eigenvalue weighted by atomic mass is 10.2. The van der Waals surface area contributed by atoms with Crippen molar-refractivity contribution in [3.8, 4) is 5.69 Å². The number of likely N-dealkylation sites (N-methyl/N-ethyl adjacent to an activating group) is 2. The molecular weight excluding hydrogens is 388 g/mol. The number of aryl methyl sites for hydroxylation is 1. The van der Waals surface area contributed by atoms with Gasteiger partial charge in [0.15, 0.2) is 0 Å². The summed E-state index contributed by atoms with van der Waals surface area (Å²) in [6, 6.07) is 16.2. The van der Waals surface area contributed by atoms with E-state index in [1.54, 1.807) is 42.2 Å². The first-order valence-electron chi connectivity index (χ1n) is 9.13. The summed E-state index contributed by atoms with van der Waals surface area (Å²) < 4.78 is 28.1. The standard InChI is InChI=1S/C21H24N4O3S/c1-17-9-11-20(12-10-17)29(27,28)24(3)16-21(26)23(2)14-18-13-22-25(15-18)19-7-5-4-6-8-19/h4-13,15H,14,16H2,1-3H3. The lowest BCUT2D eigenvalue weighted by Gasteiger charge is -2.21. The molecule has 29 heavy (non-hydrogen) atoms. The second-order valence-corrected chi connectivity index (χ2v) is 9.00. The van der Waals surface area contributed by atoms with E-state index in [0.717, 1.165) is 21.1 Å². The molecule has 0 aliphatic rings. The van der Waals surface area contributed by atoms with Crippen molar-refractivity contribution in [1.82, 2.24) is 19.0 Å². The van der Waals surface area contributed by atoms with Crippen LogP contribution < -0.4 is 0 Å². The van der Waals surface area contributed by atoms with E-state index in [2.05, 4.69) is 5.10 Å². The van der Waals surface area contributed by atoms with E-state index in [9.17, 15) is 13.2 Å². The fraction of sp³-hybridized carbons (Fsp3) is 0.238. The molecule has 0 saturated heterocycles. The molecule has 1 amide bonds. The van der Waals surface area contributed by atoms with Gasteiger partial charge >= 0.3 is 0 Å². The molecular formula is C21H24N4O3S. The molecule has 0 fully saturated rings. The van der Waals surface area contributed by atoms with Gasteiger partial charge in [0.1, 0.15) is 0 Å². The quantitative estimate of drug-likeness (QED) is 0.597. The normalized spacial score (nSPS) is 11.6. The van der Waals surface area contributed by atoms with Crippen LogP contribution in [-0.4, -0.2) is 54.0 Å². The maximum Gasteiger partial charge on any atom is 0.243 e. The van der Waals surface area contributed by atoms with E-state index in [1.807, 2.05) is 43.5 Å². The van der Waals surface area contributed by atoms with Crippen molar-refractivity contribution in [3.63, 3.8) is 0 Å². The third-order valence-electron chi connectivity index (χ3n) is 4.59. The van der Waals surface area contributed by atoms with E-state index in [-0.39, 0.29) is 17.3 Å². The van der Waals surface area contributed by atoms with E-state index < -0.39 is 10.0 Å². The van der Waals surface area contributed by atoms with Crippen molar-refractivity contribution in [2.24, 2.45) is 0 Å². The van der Waals surface area contributed by atoms with Crippen LogP contribution in [0.4, 0.5) is 0 Å². The molecule has 0 unspecified atom stereocenters. The highest BCUT2D eigenvalue weighted by Gasteiger charge is 2.24. The first-order chi connectivity index (χ1) is 13.8. The van der Waals surface area contributed by atoms with Gasteiger partial charge in [0.25, 0.3) is 0 Å². The van der Waals surface area contributed by atoms with Gasteiger partial charge in [-0.2, -0.15) is 9.40 Å². The Morgan fingerprint density at radius 2 is 1.69 bits per heavy atom. The number of carbonyl (C=O) groups is 1. The zero-order valence-electron chi connectivity index (χ0n) is 16.7. The first-order valence-corrected chi connectivity index (χ1v) is 10.6. The smallest absolute Gasteiger partial charge is 0.243 e. The summed E-state index contributed by atoms with van der Waals surface area (Å²) in [7, 11) is -0.661. The molecule has 0 aliphatic heterocycles. The van der Waals surface area contributed by atoms with E-state index >= 15 is 0 Å². The number of aromatic nitrogens is 2. The molecule has 0 N–H and O–H groups in total. The number of sulfonamides is 1. The number of amides is 1. The monoisotopic (exact) mass is 412 g/mol. The number of para-hydroxylation sites is 1. The molecule has 152 valence electrons. The van der Waals surface area contributed by atoms with Gasteiger partial charge < -0.3 is 4.90 Å². The third-order valence-corrected chi connectivity index (χ3v) is 6.41. The molecule has 0 aliphatic carbocycles. The fourth-order valence-corrected chi connectivity index (χ4v) is 3.93. The number of rotatable bonds is 7. The number of hydrogen-bond donors (Lipinski definition) is 0. The maximum absolute atomic E-state index is 12.7. The van der Waals surface area contributed by atoms with Crippen LogP contribution in [0.5, 0.6) is 0 Å². The predicted octanol–water partition coefficient (Wildman–Crippen LogP) is 2.46. The molecule has 0 bridgehead atoms. The minimum atomic E-state index is -3.72. The number of benzene rings is 2. The topological polar surface area (TPSA) is 75.5 Å². The molecule has 0 saturated carbocycles.